The molecular weight excluding hydrogens is 418 g/mol. The summed E-state index contributed by atoms with van der Waals surface area (Å²) in [5, 5.41) is 0. The summed E-state index contributed by atoms with van der Waals surface area (Å²) in [5.74, 6) is 0.562. The number of aryl methyl sites for hydroxylation is 1. The summed E-state index contributed by atoms with van der Waals surface area (Å²) >= 11 is 3.69. The molecule has 1 fully saturated rings. The van der Waals surface area contributed by atoms with Gasteiger partial charge in [0.15, 0.2) is 0 Å². The van der Waals surface area contributed by atoms with Gasteiger partial charge in [0.05, 0.1) is 17.7 Å². The van der Waals surface area contributed by atoms with E-state index in [1.54, 1.807) is 0 Å². The molecular formula is C21H32BrN3OSi. The van der Waals surface area contributed by atoms with E-state index >= 15 is 0 Å². The van der Waals surface area contributed by atoms with Crippen LogP contribution in [0.4, 0.5) is 5.69 Å². The second-order valence-corrected chi connectivity index (χ2v) is 15.2. The zero-order chi connectivity index (χ0) is 19.4. The molecule has 0 N–H and O–H groups in total. The van der Waals surface area contributed by atoms with Gasteiger partial charge >= 0.3 is 0 Å². The maximum Gasteiger partial charge on any atom is 0.124 e. The highest BCUT2D eigenvalue weighted by atomic mass is 79.9. The van der Waals surface area contributed by atoms with Crippen molar-refractivity contribution in [3.63, 3.8) is 0 Å². The Bertz CT molecular complexity index is 748. The molecule has 1 aromatic heterocycles. The number of ether oxygens (including phenoxy) is 1. The molecule has 1 aliphatic heterocycles. The lowest BCUT2D eigenvalue weighted by atomic mass is 9.92. The quantitative estimate of drug-likeness (QED) is 0.403. The molecule has 1 aromatic carbocycles. The lowest BCUT2D eigenvalue weighted by Gasteiger charge is -2.34. The van der Waals surface area contributed by atoms with Gasteiger partial charge < -0.3 is 14.2 Å². The number of imidazole rings is 1. The summed E-state index contributed by atoms with van der Waals surface area (Å²) in [4.78, 5) is 7.07. The first-order chi connectivity index (χ1) is 12.8. The molecule has 148 valence electrons. The van der Waals surface area contributed by atoms with Crippen molar-refractivity contribution in [1.82, 2.24) is 9.55 Å². The van der Waals surface area contributed by atoms with Crippen molar-refractivity contribution < 1.29 is 4.74 Å². The van der Waals surface area contributed by atoms with Crippen molar-refractivity contribution in [1.29, 1.82) is 0 Å². The first-order valence-electron chi connectivity index (χ1n) is 9.94. The molecule has 0 unspecified atom stereocenters. The smallest absolute Gasteiger partial charge is 0.124 e. The summed E-state index contributed by atoms with van der Waals surface area (Å²) in [7, 11) is -1.04. The van der Waals surface area contributed by atoms with Crippen molar-refractivity contribution in [2.24, 2.45) is 0 Å². The SMILES string of the molecule is Cc1ncn(COCC[Si](C)(C)C)c1C1CCN(c2ccccc2Br)CC1. The molecule has 1 aliphatic rings. The number of aromatic nitrogens is 2. The molecule has 0 saturated carbocycles. The van der Waals surface area contributed by atoms with Crippen molar-refractivity contribution in [2.75, 3.05) is 24.6 Å². The van der Waals surface area contributed by atoms with Gasteiger partial charge in [-0.1, -0.05) is 31.8 Å². The van der Waals surface area contributed by atoms with Crippen LogP contribution >= 0.6 is 15.9 Å². The lowest BCUT2D eigenvalue weighted by Crippen LogP contribution is -2.34. The van der Waals surface area contributed by atoms with Crippen molar-refractivity contribution in [2.45, 2.75) is 58.1 Å². The highest BCUT2D eigenvalue weighted by Crippen LogP contribution is 2.34. The van der Waals surface area contributed by atoms with Gasteiger partial charge in [0.25, 0.3) is 0 Å². The van der Waals surface area contributed by atoms with Gasteiger partial charge in [0.2, 0.25) is 0 Å². The summed E-state index contributed by atoms with van der Waals surface area (Å²) in [6.07, 6.45) is 4.27. The molecule has 0 atom stereocenters. The molecule has 27 heavy (non-hydrogen) atoms. The van der Waals surface area contributed by atoms with Gasteiger partial charge in [-0.25, -0.2) is 4.98 Å². The van der Waals surface area contributed by atoms with E-state index in [1.165, 1.54) is 21.9 Å². The minimum atomic E-state index is -1.04. The van der Waals surface area contributed by atoms with Crippen LogP contribution in [0.25, 0.3) is 0 Å². The number of anilines is 1. The summed E-state index contributed by atoms with van der Waals surface area (Å²) in [6.45, 7) is 12.9. The topological polar surface area (TPSA) is 30.3 Å². The molecule has 4 nitrogen and oxygen atoms in total. The Kier molecular flexibility index (Phi) is 6.82. The maximum atomic E-state index is 5.99. The van der Waals surface area contributed by atoms with Gasteiger partial charge in [-0.3, -0.25) is 0 Å². The third kappa shape index (κ3) is 5.45. The third-order valence-corrected chi connectivity index (χ3v) is 7.75. The van der Waals surface area contributed by atoms with Gasteiger partial charge in [-0.15, -0.1) is 0 Å². The molecule has 6 heteroatoms. The standard InChI is InChI=1S/C21H32BrN3OSi/c1-17-21(25(15-23-17)16-26-13-14-27(2,3)4)18-9-11-24(12-10-18)20-8-6-5-7-19(20)22/h5-8,15,18H,9-14,16H2,1-4H3. The van der Waals surface area contributed by atoms with Gasteiger partial charge in [-0.2, -0.15) is 0 Å². The fourth-order valence-electron chi connectivity index (χ4n) is 3.77. The average molecular weight is 450 g/mol. The third-order valence-electron chi connectivity index (χ3n) is 5.37. The minimum Gasteiger partial charge on any atom is -0.371 e. The first-order valence-corrected chi connectivity index (χ1v) is 14.4. The number of para-hydroxylation sites is 1. The van der Waals surface area contributed by atoms with Crippen LogP contribution in [0, 0.1) is 6.92 Å². The van der Waals surface area contributed by atoms with Crippen LogP contribution in [-0.4, -0.2) is 37.3 Å². The normalized spacial score (nSPS) is 16.1. The number of halogens is 1. The van der Waals surface area contributed by atoms with E-state index in [1.807, 2.05) is 6.33 Å². The second kappa shape index (κ2) is 8.93. The zero-order valence-corrected chi connectivity index (χ0v) is 19.6. The Morgan fingerprint density at radius 3 is 2.56 bits per heavy atom. The monoisotopic (exact) mass is 449 g/mol. The molecule has 2 heterocycles. The van der Waals surface area contributed by atoms with Crippen LogP contribution in [0.3, 0.4) is 0 Å². The largest absolute Gasteiger partial charge is 0.371 e. The highest BCUT2D eigenvalue weighted by Gasteiger charge is 2.26. The number of benzene rings is 1. The Hall–Kier alpha value is -1.11. The van der Waals surface area contributed by atoms with Gasteiger partial charge in [0.1, 0.15) is 6.73 Å². The second-order valence-electron chi connectivity index (χ2n) is 8.75. The zero-order valence-electron chi connectivity index (χ0n) is 17.0. The van der Waals surface area contributed by atoms with E-state index in [-0.39, 0.29) is 0 Å². The number of hydrogen-bond donors (Lipinski definition) is 0. The van der Waals surface area contributed by atoms with Crippen LogP contribution in [0.15, 0.2) is 35.1 Å². The Labute approximate surface area is 173 Å². The predicted molar refractivity (Wildman–Crippen MR) is 119 cm³/mol. The predicted octanol–water partition coefficient (Wildman–Crippen LogP) is 5.65. The Balaban J connectivity index is 1.59. The van der Waals surface area contributed by atoms with E-state index < -0.39 is 8.07 Å². The van der Waals surface area contributed by atoms with Crippen molar-refractivity contribution >= 4 is 29.7 Å². The minimum absolute atomic E-state index is 0.562. The fourth-order valence-corrected chi connectivity index (χ4v) is 5.06. The number of rotatable bonds is 7. The summed E-state index contributed by atoms with van der Waals surface area (Å²) in [5.41, 5.74) is 3.83. The van der Waals surface area contributed by atoms with Gasteiger partial charge in [0, 0.05) is 43.9 Å². The fraction of sp³-hybridized carbons (Fsp3) is 0.571. The van der Waals surface area contributed by atoms with Crippen LogP contribution in [0.2, 0.25) is 25.7 Å². The summed E-state index contributed by atoms with van der Waals surface area (Å²) < 4.78 is 9.40. The highest BCUT2D eigenvalue weighted by molar-refractivity contribution is 9.10. The molecule has 0 aliphatic carbocycles. The summed E-state index contributed by atoms with van der Waals surface area (Å²) in [6, 6.07) is 9.72. The number of hydrogen-bond acceptors (Lipinski definition) is 3. The maximum absolute atomic E-state index is 5.99. The molecule has 0 radical (unpaired) electrons. The van der Waals surface area contributed by atoms with E-state index in [0.717, 1.165) is 38.2 Å². The molecule has 3 rings (SSSR count). The van der Waals surface area contributed by atoms with E-state index in [0.29, 0.717) is 12.6 Å². The lowest BCUT2D eigenvalue weighted by molar-refractivity contribution is 0.0841. The van der Waals surface area contributed by atoms with Crippen LogP contribution < -0.4 is 4.90 Å². The molecule has 1 saturated heterocycles. The molecule has 0 amide bonds. The number of nitrogens with zero attached hydrogens (tertiary/aromatic N) is 3. The van der Waals surface area contributed by atoms with E-state index in [2.05, 4.69) is 81.2 Å². The van der Waals surface area contributed by atoms with Crippen molar-refractivity contribution in [3.8, 4) is 0 Å². The molecule has 0 bridgehead atoms. The van der Waals surface area contributed by atoms with Crippen molar-refractivity contribution in [3.05, 3.63) is 46.5 Å². The van der Waals surface area contributed by atoms with Crippen LogP contribution in [0.5, 0.6) is 0 Å². The molecule has 2 aromatic rings. The Morgan fingerprint density at radius 1 is 1.19 bits per heavy atom. The van der Waals surface area contributed by atoms with E-state index in [4.69, 9.17) is 4.74 Å². The van der Waals surface area contributed by atoms with Gasteiger partial charge in [-0.05, 0) is 53.9 Å². The van der Waals surface area contributed by atoms with Crippen LogP contribution in [-0.2, 0) is 11.5 Å². The van der Waals surface area contributed by atoms with Crippen LogP contribution in [0.1, 0.15) is 30.1 Å². The average Bonchev–Trinajstić information content (AvgIpc) is 2.99. The Morgan fingerprint density at radius 2 is 1.89 bits per heavy atom. The first kappa shape index (κ1) is 20.6. The number of piperidine rings is 1. The molecule has 0 spiro atoms. The van der Waals surface area contributed by atoms with E-state index in [9.17, 15) is 0 Å².